The van der Waals surface area contributed by atoms with Crippen molar-refractivity contribution in [3.63, 3.8) is 0 Å². The third-order valence-corrected chi connectivity index (χ3v) is 3.50. The van der Waals surface area contributed by atoms with Gasteiger partial charge < -0.3 is 5.11 Å². The first-order chi connectivity index (χ1) is 10.2. The summed E-state index contributed by atoms with van der Waals surface area (Å²) in [7, 11) is 0. The van der Waals surface area contributed by atoms with Crippen LogP contribution in [0.5, 0.6) is 0 Å². The monoisotopic (exact) mass is 285 g/mol. The van der Waals surface area contributed by atoms with Gasteiger partial charge in [0.1, 0.15) is 11.6 Å². The molecule has 106 valence electrons. The third-order valence-electron chi connectivity index (χ3n) is 3.50. The molecule has 1 aromatic heterocycles. The van der Waals surface area contributed by atoms with E-state index in [9.17, 15) is 13.9 Å². The Balaban J connectivity index is 2.00. The second-order valence-electron chi connectivity index (χ2n) is 4.84. The molecule has 3 aromatic rings. The molecule has 0 radical (unpaired) electrons. The average molecular weight is 285 g/mol. The zero-order chi connectivity index (χ0) is 14.8. The number of rotatable bonds is 3. The predicted molar refractivity (Wildman–Crippen MR) is 76.8 cm³/mol. The fourth-order valence-electron chi connectivity index (χ4n) is 2.45. The number of hydrogen-bond donors (Lipinski definition) is 1. The van der Waals surface area contributed by atoms with E-state index in [1.165, 1.54) is 18.2 Å². The zero-order valence-corrected chi connectivity index (χ0v) is 11.1. The van der Waals surface area contributed by atoms with E-state index in [4.69, 9.17) is 0 Å². The van der Waals surface area contributed by atoms with Crippen LogP contribution >= 0.6 is 0 Å². The minimum absolute atomic E-state index is 0.106. The summed E-state index contributed by atoms with van der Waals surface area (Å²) in [5.41, 5.74) is 1.25. The summed E-state index contributed by atoms with van der Waals surface area (Å²) in [6.07, 6.45) is 0.547. The summed E-state index contributed by atoms with van der Waals surface area (Å²) in [6.45, 7) is 0. The predicted octanol–water partition coefficient (Wildman–Crippen LogP) is 3.79. The van der Waals surface area contributed by atoms with Gasteiger partial charge >= 0.3 is 0 Å². The van der Waals surface area contributed by atoms with Crippen LogP contribution in [0, 0.1) is 11.6 Å². The summed E-state index contributed by atoms with van der Waals surface area (Å²) in [5.74, 6) is -1.29. The first-order valence-electron chi connectivity index (χ1n) is 6.61. The Hall–Kier alpha value is -2.33. The lowest BCUT2D eigenvalue weighted by atomic mass is 9.97. The first kappa shape index (κ1) is 13.6. The van der Waals surface area contributed by atoms with Crippen molar-refractivity contribution in [3.05, 3.63) is 77.5 Å². The molecule has 0 aliphatic heterocycles. The van der Waals surface area contributed by atoms with Gasteiger partial charge in [0.2, 0.25) is 0 Å². The largest absolute Gasteiger partial charge is 0.388 e. The second-order valence-corrected chi connectivity index (χ2v) is 4.84. The molecule has 0 spiro atoms. The maximum Gasteiger partial charge on any atom is 0.129 e. The van der Waals surface area contributed by atoms with Gasteiger partial charge in [0.05, 0.1) is 11.6 Å². The van der Waals surface area contributed by atoms with Crippen LogP contribution < -0.4 is 0 Å². The summed E-state index contributed by atoms with van der Waals surface area (Å²) < 4.78 is 27.4. The summed E-state index contributed by atoms with van der Waals surface area (Å²) in [5, 5.41) is 11.1. The van der Waals surface area contributed by atoms with E-state index >= 15 is 0 Å². The van der Waals surface area contributed by atoms with Crippen LogP contribution in [0.3, 0.4) is 0 Å². The normalized spacial score (nSPS) is 12.5. The molecule has 2 nitrogen and oxygen atoms in total. The van der Waals surface area contributed by atoms with Gasteiger partial charge in [-0.15, -0.1) is 0 Å². The second kappa shape index (κ2) is 5.58. The topological polar surface area (TPSA) is 33.1 Å². The van der Waals surface area contributed by atoms with Crippen LogP contribution in [0.15, 0.2) is 54.7 Å². The van der Waals surface area contributed by atoms with Crippen molar-refractivity contribution in [2.45, 2.75) is 12.5 Å². The molecule has 0 aliphatic rings. The highest BCUT2D eigenvalue weighted by Crippen LogP contribution is 2.27. The summed E-state index contributed by atoms with van der Waals surface area (Å²) in [6, 6.07) is 12.6. The van der Waals surface area contributed by atoms with Gasteiger partial charge in [0.15, 0.2) is 0 Å². The average Bonchev–Trinajstić information content (AvgIpc) is 2.50. The van der Waals surface area contributed by atoms with E-state index in [0.717, 1.165) is 10.9 Å². The Morgan fingerprint density at radius 2 is 1.67 bits per heavy atom. The molecule has 2 aromatic carbocycles. The molecule has 1 heterocycles. The highest BCUT2D eigenvalue weighted by atomic mass is 19.1. The molecule has 0 saturated heterocycles. The highest BCUT2D eigenvalue weighted by molar-refractivity contribution is 5.82. The maximum absolute atomic E-state index is 13.7. The van der Waals surface area contributed by atoms with Crippen LogP contribution in [0.1, 0.15) is 17.2 Å². The lowest BCUT2D eigenvalue weighted by Gasteiger charge is -2.14. The third kappa shape index (κ3) is 2.62. The molecule has 1 N–H and O–H groups in total. The van der Waals surface area contributed by atoms with E-state index in [2.05, 4.69) is 4.98 Å². The molecular weight excluding hydrogens is 272 g/mol. The molecule has 3 rings (SSSR count). The highest BCUT2D eigenvalue weighted by Gasteiger charge is 2.17. The van der Waals surface area contributed by atoms with Crippen LogP contribution in [-0.2, 0) is 6.42 Å². The zero-order valence-electron chi connectivity index (χ0n) is 11.1. The molecule has 1 atom stereocenters. The lowest BCUT2D eigenvalue weighted by molar-refractivity contribution is 0.177. The van der Waals surface area contributed by atoms with Gasteiger partial charge in [-0.3, -0.25) is 4.98 Å². The first-order valence-corrected chi connectivity index (χ1v) is 6.61. The molecule has 1 unspecified atom stereocenters. The van der Waals surface area contributed by atoms with Crippen molar-refractivity contribution in [2.75, 3.05) is 0 Å². The van der Waals surface area contributed by atoms with Crippen molar-refractivity contribution in [3.8, 4) is 0 Å². The van der Waals surface area contributed by atoms with E-state index in [0.29, 0.717) is 5.56 Å². The quantitative estimate of drug-likeness (QED) is 0.794. The van der Waals surface area contributed by atoms with Gasteiger partial charge in [-0.25, -0.2) is 8.78 Å². The van der Waals surface area contributed by atoms with Gasteiger partial charge in [-0.05, 0) is 29.8 Å². The SMILES string of the molecule is OC(Cc1c(F)cccc1F)c1cccc2ncccc12. The van der Waals surface area contributed by atoms with Crippen molar-refractivity contribution >= 4 is 10.9 Å². The molecule has 4 heteroatoms. The molecule has 0 amide bonds. The molecule has 0 aliphatic carbocycles. The van der Waals surface area contributed by atoms with Crippen LogP contribution in [-0.4, -0.2) is 10.1 Å². The minimum atomic E-state index is -0.996. The van der Waals surface area contributed by atoms with Crippen molar-refractivity contribution < 1.29 is 13.9 Å². The number of pyridine rings is 1. The summed E-state index contributed by atoms with van der Waals surface area (Å²) in [4.78, 5) is 4.21. The molecule has 0 bridgehead atoms. The van der Waals surface area contributed by atoms with Gasteiger partial charge in [0, 0.05) is 23.6 Å². The Labute approximate surface area is 120 Å². The van der Waals surface area contributed by atoms with E-state index in [1.807, 2.05) is 12.1 Å². The van der Waals surface area contributed by atoms with Gasteiger partial charge in [-0.2, -0.15) is 0 Å². The van der Waals surface area contributed by atoms with Crippen molar-refractivity contribution in [1.29, 1.82) is 0 Å². The number of aromatic nitrogens is 1. The number of aliphatic hydroxyl groups is 1. The minimum Gasteiger partial charge on any atom is -0.388 e. The van der Waals surface area contributed by atoms with E-state index in [1.54, 1.807) is 24.4 Å². The van der Waals surface area contributed by atoms with Crippen molar-refractivity contribution in [2.24, 2.45) is 0 Å². The lowest BCUT2D eigenvalue weighted by Crippen LogP contribution is -2.06. The van der Waals surface area contributed by atoms with Gasteiger partial charge in [-0.1, -0.05) is 24.3 Å². The fourth-order valence-corrected chi connectivity index (χ4v) is 2.45. The van der Waals surface area contributed by atoms with Gasteiger partial charge in [0.25, 0.3) is 0 Å². The fraction of sp³-hybridized carbons (Fsp3) is 0.118. The standard InChI is InChI=1S/C17H13F2NO/c18-14-6-2-7-15(19)13(14)10-17(21)12-4-1-8-16-11(12)5-3-9-20-16/h1-9,17,21H,10H2. The number of nitrogens with zero attached hydrogens (tertiary/aromatic N) is 1. The van der Waals surface area contributed by atoms with Crippen LogP contribution in [0.4, 0.5) is 8.78 Å². The Kier molecular flexibility index (Phi) is 3.62. The number of fused-ring (bicyclic) bond motifs is 1. The Bertz CT molecular complexity index is 763. The Morgan fingerprint density at radius 3 is 2.43 bits per heavy atom. The number of benzene rings is 2. The molecule has 0 fully saturated rings. The van der Waals surface area contributed by atoms with Crippen molar-refractivity contribution in [1.82, 2.24) is 4.98 Å². The summed E-state index contributed by atoms with van der Waals surface area (Å²) >= 11 is 0. The number of aliphatic hydroxyl groups excluding tert-OH is 1. The van der Waals surface area contributed by atoms with Crippen LogP contribution in [0.25, 0.3) is 10.9 Å². The Morgan fingerprint density at radius 1 is 0.952 bits per heavy atom. The van der Waals surface area contributed by atoms with Crippen LogP contribution in [0.2, 0.25) is 0 Å². The maximum atomic E-state index is 13.7. The number of halogens is 2. The van der Waals surface area contributed by atoms with E-state index < -0.39 is 17.7 Å². The molecule has 21 heavy (non-hydrogen) atoms. The smallest absolute Gasteiger partial charge is 0.129 e. The molecular formula is C17H13F2NO. The molecule has 0 saturated carbocycles. The van der Waals surface area contributed by atoms with E-state index in [-0.39, 0.29) is 12.0 Å². The number of hydrogen-bond acceptors (Lipinski definition) is 2.